The van der Waals surface area contributed by atoms with Crippen LogP contribution < -0.4 is 32.4 Å². The second-order valence-electron chi connectivity index (χ2n) is 13.7. The number of benzene rings is 2. The Hall–Kier alpha value is -5.40. The number of hydrogen-bond donors (Lipinski definition) is 4. The Labute approximate surface area is 319 Å². The summed E-state index contributed by atoms with van der Waals surface area (Å²) in [6.45, 7) is 2.38. The molecule has 2 amide bonds. The van der Waals surface area contributed by atoms with E-state index in [0.717, 1.165) is 24.0 Å². The van der Waals surface area contributed by atoms with Gasteiger partial charge in [-0.15, -0.1) is 0 Å². The van der Waals surface area contributed by atoms with Crippen LogP contribution in [0.5, 0.6) is 0 Å². The summed E-state index contributed by atoms with van der Waals surface area (Å²) in [6, 6.07) is 21.6. The minimum absolute atomic E-state index is 0.0771. The highest BCUT2D eigenvalue weighted by atomic mass is 35.5. The molecule has 2 saturated heterocycles. The molecule has 4 aromatic heterocycles. The van der Waals surface area contributed by atoms with Crippen molar-refractivity contribution in [2.75, 3.05) is 13.1 Å². The standard InChI is InChI=1S/C40H36Cl2N8O4/c41-39-27(3-1-5-29(39)31-15-37(53)49-21-23(7-11-33(49)47-31)17-43-19-25-9-13-35(51)45-25)28-4-2-6-30(40(28)42)32-16-38(54)50-22-24(8-12-34(50)48-32)18-44-20-26-10-14-36(52)46-26/h1-8,11-12,15-16,21-22,25-26,43-44H,9-10,13-14,17-20H2,(H,45,51)(H,46,52). The summed E-state index contributed by atoms with van der Waals surface area (Å²) < 4.78 is 3.01. The maximum atomic E-state index is 13.4. The van der Waals surface area contributed by atoms with E-state index in [-0.39, 0.29) is 35.0 Å². The van der Waals surface area contributed by atoms with Crippen molar-refractivity contribution in [3.05, 3.63) is 127 Å². The fraction of sp³-hybridized carbons (Fsp3) is 0.250. The number of hydrogen-bond acceptors (Lipinski definition) is 8. The van der Waals surface area contributed by atoms with Crippen molar-refractivity contribution in [2.24, 2.45) is 0 Å². The van der Waals surface area contributed by atoms with Crippen LogP contribution in [-0.4, -0.2) is 55.8 Å². The zero-order valence-electron chi connectivity index (χ0n) is 29.1. The average Bonchev–Trinajstić information content (AvgIpc) is 3.78. The molecule has 2 aromatic carbocycles. The highest BCUT2D eigenvalue weighted by molar-refractivity contribution is 6.39. The third-order valence-electron chi connectivity index (χ3n) is 9.89. The molecular weight excluding hydrogens is 727 g/mol. The third-order valence-corrected chi connectivity index (χ3v) is 10.7. The molecule has 2 atom stereocenters. The van der Waals surface area contributed by atoms with Crippen LogP contribution in [0.15, 0.2) is 94.8 Å². The van der Waals surface area contributed by atoms with Gasteiger partial charge in [-0.2, -0.15) is 0 Å². The van der Waals surface area contributed by atoms with E-state index in [1.165, 1.54) is 20.9 Å². The van der Waals surface area contributed by atoms with Gasteiger partial charge < -0.3 is 21.3 Å². The fourth-order valence-electron chi connectivity index (χ4n) is 7.10. The molecule has 8 rings (SSSR count). The normalized spacial score (nSPS) is 17.0. The van der Waals surface area contributed by atoms with E-state index in [1.807, 2.05) is 48.5 Å². The molecule has 6 aromatic rings. The lowest BCUT2D eigenvalue weighted by molar-refractivity contribution is -0.120. The van der Waals surface area contributed by atoms with Crippen LogP contribution in [0.4, 0.5) is 0 Å². The van der Waals surface area contributed by atoms with Crippen LogP contribution >= 0.6 is 23.2 Å². The number of aromatic nitrogens is 4. The Balaban J connectivity index is 1.03. The summed E-state index contributed by atoms with van der Waals surface area (Å²) in [5, 5.41) is 13.3. The number of fused-ring (bicyclic) bond motifs is 2. The molecule has 0 saturated carbocycles. The molecule has 4 N–H and O–H groups in total. The molecule has 2 unspecified atom stereocenters. The molecule has 0 spiro atoms. The first-order chi connectivity index (χ1) is 26.2. The van der Waals surface area contributed by atoms with Gasteiger partial charge in [0, 0.05) is 97.9 Å². The first-order valence-electron chi connectivity index (χ1n) is 17.8. The van der Waals surface area contributed by atoms with Gasteiger partial charge in [-0.3, -0.25) is 28.0 Å². The van der Waals surface area contributed by atoms with Gasteiger partial charge in [-0.05, 0) is 36.1 Å². The first kappa shape index (κ1) is 35.6. The number of pyridine rings is 2. The number of nitrogens with zero attached hydrogens (tertiary/aromatic N) is 4. The molecule has 0 bridgehead atoms. The van der Waals surface area contributed by atoms with Crippen LogP contribution in [0.3, 0.4) is 0 Å². The van der Waals surface area contributed by atoms with Crippen LogP contribution in [-0.2, 0) is 22.7 Å². The van der Waals surface area contributed by atoms with E-state index < -0.39 is 0 Å². The van der Waals surface area contributed by atoms with Gasteiger partial charge in [0.25, 0.3) is 11.1 Å². The van der Waals surface area contributed by atoms with Gasteiger partial charge in [0.2, 0.25) is 11.8 Å². The van der Waals surface area contributed by atoms with E-state index in [0.29, 0.717) is 94.0 Å². The molecule has 54 heavy (non-hydrogen) atoms. The molecule has 274 valence electrons. The predicted octanol–water partition coefficient (Wildman–Crippen LogP) is 4.75. The lowest BCUT2D eigenvalue weighted by atomic mass is 9.98. The average molecular weight is 764 g/mol. The monoisotopic (exact) mass is 762 g/mol. The van der Waals surface area contributed by atoms with E-state index in [2.05, 4.69) is 21.3 Å². The number of nitrogens with one attached hydrogen (secondary N) is 4. The molecule has 0 radical (unpaired) electrons. The predicted molar refractivity (Wildman–Crippen MR) is 209 cm³/mol. The molecule has 14 heteroatoms. The van der Waals surface area contributed by atoms with Gasteiger partial charge in [-0.1, -0.05) is 71.7 Å². The van der Waals surface area contributed by atoms with E-state index in [1.54, 1.807) is 24.5 Å². The quantitative estimate of drug-likeness (QED) is 0.148. The molecule has 12 nitrogen and oxygen atoms in total. The fourth-order valence-corrected chi connectivity index (χ4v) is 7.75. The lowest BCUT2D eigenvalue weighted by Crippen LogP contribution is -2.35. The first-order valence-corrected chi connectivity index (χ1v) is 18.6. The van der Waals surface area contributed by atoms with Crippen LogP contribution in [0.1, 0.15) is 36.8 Å². The summed E-state index contributed by atoms with van der Waals surface area (Å²) in [5.74, 6) is 0.154. The van der Waals surface area contributed by atoms with E-state index >= 15 is 0 Å². The van der Waals surface area contributed by atoms with Gasteiger partial charge in [0.1, 0.15) is 11.3 Å². The van der Waals surface area contributed by atoms with Gasteiger partial charge in [0.15, 0.2) is 0 Å². The van der Waals surface area contributed by atoms with Crippen LogP contribution in [0.25, 0.3) is 44.9 Å². The van der Waals surface area contributed by atoms with E-state index in [9.17, 15) is 19.2 Å². The number of carbonyl (C=O) groups excluding carboxylic acids is 2. The Morgan fingerprint density at radius 1 is 0.611 bits per heavy atom. The molecular formula is C40H36Cl2N8O4. The minimum Gasteiger partial charge on any atom is -0.352 e. The van der Waals surface area contributed by atoms with Gasteiger partial charge >= 0.3 is 0 Å². The number of halogens is 2. The van der Waals surface area contributed by atoms with Crippen molar-refractivity contribution in [3.63, 3.8) is 0 Å². The second kappa shape index (κ2) is 15.2. The molecule has 6 heterocycles. The largest absolute Gasteiger partial charge is 0.352 e. The molecule has 2 aliphatic rings. The van der Waals surface area contributed by atoms with Gasteiger partial charge in [0.05, 0.1) is 21.4 Å². The summed E-state index contributed by atoms with van der Waals surface area (Å²) in [7, 11) is 0. The summed E-state index contributed by atoms with van der Waals surface area (Å²) in [5.41, 5.74) is 5.51. The molecule has 0 aliphatic carbocycles. The zero-order valence-corrected chi connectivity index (χ0v) is 30.6. The van der Waals surface area contributed by atoms with Crippen molar-refractivity contribution in [1.29, 1.82) is 0 Å². The number of amides is 2. The smallest absolute Gasteiger partial charge is 0.258 e. The Kier molecular flexibility index (Phi) is 9.99. The second-order valence-corrected chi connectivity index (χ2v) is 14.4. The third kappa shape index (κ3) is 7.38. The summed E-state index contributed by atoms with van der Waals surface area (Å²) >= 11 is 14.1. The Bertz CT molecular complexity index is 2390. The van der Waals surface area contributed by atoms with Gasteiger partial charge in [-0.25, -0.2) is 9.97 Å². The van der Waals surface area contributed by atoms with Crippen LogP contribution in [0.2, 0.25) is 10.0 Å². The van der Waals surface area contributed by atoms with Crippen molar-refractivity contribution in [1.82, 2.24) is 40.0 Å². The highest BCUT2D eigenvalue weighted by Crippen LogP contribution is 2.41. The maximum absolute atomic E-state index is 13.4. The highest BCUT2D eigenvalue weighted by Gasteiger charge is 2.22. The molecule has 2 fully saturated rings. The lowest BCUT2D eigenvalue weighted by Gasteiger charge is -2.14. The number of carbonyl (C=O) groups is 2. The summed E-state index contributed by atoms with van der Waals surface area (Å²) in [6.07, 6.45) is 6.26. The zero-order chi connectivity index (χ0) is 37.3. The summed E-state index contributed by atoms with van der Waals surface area (Å²) in [4.78, 5) is 59.2. The Morgan fingerprint density at radius 2 is 1.04 bits per heavy atom. The van der Waals surface area contributed by atoms with Crippen LogP contribution in [0, 0.1) is 0 Å². The van der Waals surface area contributed by atoms with Crippen molar-refractivity contribution < 1.29 is 9.59 Å². The topological polar surface area (TPSA) is 151 Å². The number of rotatable bonds is 11. The van der Waals surface area contributed by atoms with Crippen molar-refractivity contribution in [2.45, 2.75) is 50.9 Å². The minimum atomic E-state index is -0.252. The molecule has 2 aliphatic heterocycles. The SMILES string of the molecule is O=C1CCC(CNCc2ccc3nc(-c4cccc(-c5cccc(-c6cc(=O)n7cc(CNCC8CCC(=O)N8)ccc7n6)c5Cl)c4Cl)cc(=O)n3c2)N1. The maximum Gasteiger partial charge on any atom is 0.258 e. The van der Waals surface area contributed by atoms with Crippen molar-refractivity contribution >= 4 is 46.3 Å². The van der Waals surface area contributed by atoms with Crippen molar-refractivity contribution in [3.8, 4) is 33.6 Å². The van der Waals surface area contributed by atoms with E-state index in [4.69, 9.17) is 33.2 Å². The Morgan fingerprint density at radius 3 is 1.44 bits per heavy atom.